The molecular formula is C14H22FNO2. The lowest BCUT2D eigenvalue weighted by atomic mass is 10.1. The van der Waals surface area contributed by atoms with Crippen molar-refractivity contribution in [3.8, 4) is 5.75 Å². The number of methoxy groups -OCH3 is 1. The van der Waals surface area contributed by atoms with E-state index < -0.39 is 0 Å². The minimum atomic E-state index is -0.283. The van der Waals surface area contributed by atoms with Crippen LogP contribution in [0.15, 0.2) is 18.2 Å². The lowest BCUT2D eigenvalue weighted by molar-refractivity contribution is 0.145. The van der Waals surface area contributed by atoms with E-state index in [0.29, 0.717) is 19.0 Å². The second-order valence-electron chi connectivity index (χ2n) is 4.20. The zero-order chi connectivity index (χ0) is 13.4. The Hall–Kier alpha value is -1.13. The zero-order valence-electron chi connectivity index (χ0n) is 11.3. The number of hydrogen-bond donors (Lipinski definition) is 1. The minimum Gasteiger partial charge on any atom is -0.491 e. The maximum absolute atomic E-state index is 13.2. The van der Waals surface area contributed by atoms with Crippen LogP contribution in [0.25, 0.3) is 0 Å². The number of benzene rings is 1. The van der Waals surface area contributed by atoms with Crippen molar-refractivity contribution in [2.24, 2.45) is 0 Å². The van der Waals surface area contributed by atoms with Crippen LogP contribution >= 0.6 is 0 Å². The van der Waals surface area contributed by atoms with Gasteiger partial charge in [0.15, 0.2) is 0 Å². The standard InChI is InChI=1S/C14H22FNO2/c1-4-7-16-11(2)13-6-5-12(15)10-14(13)18-9-8-17-3/h5-6,10-11,16H,4,7-9H2,1-3H3. The molecule has 0 aliphatic heterocycles. The molecular weight excluding hydrogens is 233 g/mol. The SMILES string of the molecule is CCCNC(C)c1ccc(F)cc1OCCOC. The molecule has 1 N–H and O–H groups in total. The molecule has 1 aromatic carbocycles. The van der Waals surface area contributed by atoms with Crippen LogP contribution in [0.5, 0.6) is 5.75 Å². The Bertz CT molecular complexity index is 358. The Labute approximate surface area is 108 Å². The monoisotopic (exact) mass is 255 g/mol. The maximum Gasteiger partial charge on any atom is 0.127 e. The average Bonchev–Trinajstić information content (AvgIpc) is 2.36. The summed E-state index contributed by atoms with van der Waals surface area (Å²) in [5, 5.41) is 3.37. The highest BCUT2D eigenvalue weighted by molar-refractivity contribution is 5.36. The lowest BCUT2D eigenvalue weighted by Gasteiger charge is -2.18. The second kappa shape index (κ2) is 8.06. The van der Waals surface area contributed by atoms with Crippen molar-refractivity contribution in [1.82, 2.24) is 5.32 Å². The van der Waals surface area contributed by atoms with Gasteiger partial charge in [0, 0.05) is 24.8 Å². The predicted molar refractivity (Wildman–Crippen MR) is 70.5 cm³/mol. The first kappa shape index (κ1) is 14.9. The molecule has 0 fully saturated rings. The molecule has 1 rings (SSSR count). The van der Waals surface area contributed by atoms with Gasteiger partial charge in [-0.1, -0.05) is 13.0 Å². The van der Waals surface area contributed by atoms with Crippen LogP contribution in [0, 0.1) is 5.82 Å². The highest BCUT2D eigenvalue weighted by atomic mass is 19.1. The van der Waals surface area contributed by atoms with E-state index in [0.717, 1.165) is 18.5 Å². The predicted octanol–water partition coefficient (Wildman–Crippen LogP) is 2.91. The first-order valence-electron chi connectivity index (χ1n) is 6.33. The van der Waals surface area contributed by atoms with Gasteiger partial charge in [-0.15, -0.1) is 0 Å². The molecule has 0 radical (unpaired) electrons. The summed E-state index contributed by atoms with van der Waals surface area (Å²) < 4.78 is 23.7. The Morgan fingerprint density at radius 1 is 1.33 bits per heavy atom. The summed E-state index contributed by atoms with van der Waals surface area (Å²) in [6, 6.07) is 4.80. The summed E-state index contributed by atoms with van der Waals surface area (Å²) in [6.07, 6.45) is 1.06. The molecule has 4 heteroatoms. The molecule has 0 bridgehead atoms. The molecule has 0 saturated carbocycles. The number of ether oxygens (including phenoxy) is 2. The van der Waals surface area contributed by atoms with E-state index in [2.05, 4.69) is 12.2 Å². The average molecular weight is 255 g/mol. The van der Waals surface area contributed by atoms with E-state index in [-0.39, 0.29) is 11.9 Å². The molecule has 0 aliphatic carbocycles. The normalized spacial score (nSPS) is 12.4. The van der Waals surface area contributed by atoms with Gasteiger partial charge in [0.05, 0.1) is 6.61 Å². The summed E-state index contributed by atoms with van der Waals surface area (Å²) in [5.74, 6) is 0.303. The van der Waals surface area contributed by atoms with Gasteiger partial charge in [-0.05, 0) is 26.0 Å². The molecule has 3 nitrogen and oxygen atoms in total. The van der Waals surface area contributed by atoms with Gasteiger partial charge in [0.2, 0.25) is 0 Å². The van der Waals surface area contributed by atoms with Crippen LogP contribution in [0.1, 0.15) is 31.9 Å². The van der Waals surface area contributed by atoms with Crippen molar-refractivity contribution in [2.45, 2.75) is 26.3 Å². The van der Waals surface area contributed by atoms with Gasteiger partial charge in [-0.2, -0.15) is 0 Å². The third kappa shape index (κ3) is 4.63. The zero-order valence-corrected chi connectivity index (χ0v) is 11.3. The van der Waals surface area contributed by atoms with E-state index >= 15 is 0 Å². The van der Waals surface area contributed by atoms with Crippen molar-refractivity contribution in [3.63, 3.8) is 0 Å². The molecule has 1 unspecified atom stereocenters. The first-order valence-corrected chi connectivity index (χ1v) is 6.33. The van der Waals surface area contributed by atoms with Crippen molar-refractivity contribution in [3.05, 3.63) is 29.6 Å². The highest BCUT2D eigenvalue weighted by Gasteiger charge is 2.12. The van der Waals surface area contributed by atoms with Crippen LogP contribution in [0.3, 0.4) is 0 Å². The van der Waals surface area contributed by atoms with Crippen LogP contribution < -0.4 is 10.1 Å². The molecule has 0 aromatic heterocycles. The Morgan fingerprint density at radius 2 is 2.11 bits per heavy atom. The Kier molecular flexibility index (Phi) is 6.68. The summed E-state index contributed by atoms with van der Waals surface area (Å²) >= 11 is 0. The van der Waals surface area contributed by atoms with Crippen LogP contribution in [0.4, 0.5) is 4.39 Å². The van der Waals surface area contributed by atoms with E-state index in [1.165, 1.54) is 12.1 Å². The summed E-state index contributed by atoms with van der Waals surface area (Å²) in [4.78, 5) is 0. The molecule has 0 saturated heterocycles. The fourth-order valence-electron chi connectivity index (χ4n) is 1.70. The number of rotatable bonds is 8. The van der Waals surface area contributed by atoms with E-state index in [1.807, 2.05) is 6.92 Å². The second-order valence-corrected chi connectivity index (χ2v) is 4.20. The van der Waals surface area contributed by atoms with Gasteiger partial charge in [0.25, 0.3) is 0 Å². The Morgan fingerprint density at radius 3 is 2.78 bits per heavy atom. The molecule has 1 aromatic rings. The van der Waals surface area contributed by atoms with Crippen molar-refractivity contribution in [2.75, 3.05) is 26.9 Å². The lowest BCUT2D eigenvalue weighted by Crippen LogP contribution is -2.20. The smallest absolute Gasteiger partial charge is 0.127 e. The minimum absolute atomic E-state index is 0.142. The first-order chi connectivity index (χ1) is 8.69. The van der Waals surface area contributed by atoms with Crippen LogP contribution in [-0.4, -0.2) is 26.9 Å². The van der Waals surface area contributed by atoms with Crippen molar-refractivity contribution < 1.29 is 13.9 Å². The van der Waals surface area contributed by atoms with Crippen molar-refractivity contribution in [1.29, 1.82) is 0 Å². The van der Waals surface area contributed by atoms with Crippen molar-refractivity contribution >= 4 is 0 Å². The number of hydrogen-bond acceptors (Lipinski definition) is 3. The molecule has 102 valence electrons. The van der Waals surface area contributed by atoms with Gasteiger partial charge in [-0.3, -0.25) is 0 Å². The van der Waals surface area contributed by atoms with E-state index in [1.54, 1.807) is 13.2 Å². The Balaban J connectivity index is 2.74. The molecule has 0 spiro atoms. The fourth-order valence-corrected chi connectivity index (χ4v) is 1.70. The van der Waals surface area contributed by atoms with Crippen LogP contribution in [-0.2, 0) is 4.74 Å². The summed E-state index contributed by atoms with van der Waals surface area (Å²) in [6.45, 7) is 6.00. The van der Waals surface area contributed by atoms with Gasteiger partial charge < -0.3 is 14.8 Å². The number of halogens is 1. The molecule has 0 aliphatic rings. The maximum atomic E-state index is 13.2. The molecule has 1 atom stereocenters. The quantitative estimate of drug-likeness (QED) is 0.724. The topological polar surface area (TPSA) is 30.5 Å². The highest BCUT2D eigenvalue weighted by Crippen LogP contribution is 2.26. The van der Waals surface area contributed by atoms with Gasteiger partial charge >= 0.3 is 0 Å². The van der Waals surface area contributed by atoms with E-state index in [9.17, 15) is 4.39 Å². The molecule has 0 amide bonds. The van der Waals surface area contributed by atoms with Gasteiger partial charge in [-0.25, -0.2) is 4.39 Å². The molecule has 18 heavy (non-hydrogen) atoms. The third-order valence-electron chi connectivity index (χ3n) is 2.69. The molecule has 0 heterocycles. The van der Waals surface area contributed by atoms with Crippen LogP contribution in [0.2, 0.25) is 0 Å². The summed E-state index contributed by atoms with van der Waals surface area (Å²) in [5.41, 5.74) is 0.973. The van der Waals surface area contributed by atoms with Gasteiger partial charge in [0.1, 0.15) is 18.2 Å². The number of nitrogens with one attached hydrogen (secondary N) is 1. The van der Waals surface area contributed by atoms with E-state index in [4.69, 9.17) is 9.47 Å². The largest absolute Gasteiger partial charge is 0.491 e. The fraction of sp³-hybridized carbons (Fsp3) is 0.571. The summed E-state index contributed by atoms with van der Waals surface area (Å²) in [7, 11) is 1.61. The third-order valence-corrected chi connectivity index (χ3v) is 2.69.